The van der Waals surface area contributed by atoms with E-state index < -0.39 is 0 Å². The summed E-state index contributed by atoms with van der Waals surface area (Å²) in [6.07, 6.45) is 0. The number of carbonyl (C=O) groups excluding carboxylic acids is 1. The quantitative estimate of drug-likeness (QED) is 0.893. The molecule has 2 rings (SSSR count). The second kappa shape index (κ2) is 5.29. The van der Waals surface area contributed by atoms with Crippen molar-refractivity contribution in [2.45, 2.75) is 26.8 Å². The normalized spacial score (nSPS) is 15.3. The number of amides is 1. The van der Waals surface area contributed by atoms with E-state index >= 15 is 0 Å². The highest BCUT2D eigenvalue weighted by molar-refractivity contribution is 5.95. The number of ether oxygens (including phenoxy) is 2. The fraction of sp³-hybridized carbons (Fsp3) is 0.500. The second-order valence-corrected chi connectivity index (χ2v) is 4.86. The molecule has 1 heterocycles. The average molecular weight is 249 g/mol. The molecule has 0 saturated heterocycles. The molecule has 1 atom stereocenters. The van der Waals surface area contributed by atoms with Crippen LogP contribution in [0.2, 0.25) is 0 Å². The zero-order valence-corrected chi connectivity index (χ0v) is 11.0. The number of carbonyl (C=O) groups is 1. The van der Waals surface area contributed by atoms with E-state index in [2.05, 4.69) is 19.2 Å². The van der Waals surface area contributed by atoms with Gasteiger partial charge in [0.1, 0.15) is 13.2 Å². The maximum Gasteiger partial charge on any atom is 0.251 e. The third-order valence-corrected chi connectivity index (χ3v) is 3.16. The first-order chi connectivity index (χ1) is 8.58. The van der Waals surface area contributed by atoms with Crippen LogP contribution in [0.4, 0.5) is 0 Å². The molecule has 1 aliphatic heterocycles. The molecule has 98 valence electrons. The maximum absolute atomic E-state index is 12.0. The van der Waals surface area contributed by atoms with Crippen molar-refractivity contribution in [2.75, 3.05) is 13.2 Å². The molecule has 0 bridgehead atoms. The van der Waals surface area contributed by atoms with Crippen LogP contribution < -0.4 is 14.8 Å². The smallest absolute Gasteiger partial charge is 0.251 e. The van der Waals surface area contributed by atoms with Crippen LogP contribution in [0.15, 0.2) is 18.2 Å². The first kappa shape index (κ1) is 12.7. The molecule has 1 aliphatic rings. The molecule has 0 fully saturated rings. The zero-order chi connectivity index (χ0) is 13.1. The van der Waals surface area contributed by atoms with Gasteiger partial charge in [-0.3, -0.25) is 4.79 Å². The highest BCUT2D eigenvalue weighted by Crippen LogP contribution is 2.30. The molecule has 4 nitrogen and oxygen atoms in total. The number of nitrogens with one attached hydrogen (secondary N) is 1. The van der Waals surface area contributed by atoms with Crippen molar-refractivity contribution in [3.8, 4) is 11.5 Å². The van der Waals surface area contributed by atoms with E-state index in [1.165, 1.54) is 0 Å². The Balaban J connectivity index is 2.11. The number of hydrogen-bond acceptors (Lipinski definition) is 3. The minimum absolute atomic E-state index is 0.0758. The first-order valence-electron chi connectivity index (χ1n) is 6.28. The Bertz CT molecular complexity index is 443. The van der Waals surface area contributed by atoms with Crippen molar-refractivity contribution in [1.29, 1.82) is 0 Å². The van der Waals surface area contributed by atoms with Gasteiger partial charge in [0.05, 0.1) is 0 Å². The van der Waals surface area contributed by atoms with E-state index in [4.69, 9.17) is 9.47 Å². The molecule has 0 unspecified atom stereocenters. The lowest BCUT2D eigenvalue weighted by molar-refractivity contribution is 0.0929. The molecule has 4 heteroatoms. The van der Waals surface area contributed by atoms with Crippen molar-refractivity contribution in [1.82, 2.24) is 5.32 Å². The van der Waals surface area contributed by atoms with Crippen molar-refractivity contribution >= 4 is 5.91 Å². The molecule has 0 aromatic heterocycles. The summed E-state index contributed by atoms with van der Waals surface area (Å²) in [6.45, 7) is 7.24. The van der Waals surface area contributed by atoms with E-state index in [0.29, 0.717) is 36.2 Å². The fourth-order valence-corrected chi connectivity index (χ4v) is 1.64. The van der Waals surface area contributed by atoms with E-state index in [1.807, 2.05) is 6.92 Å². The molecule has 1 N–H and O–H groups in total. The van der Waals surface area contributed by atoms with Gasteiger partial charge in [-0.25, -0.2) is 0 Å². The van der Waals surface area contributed by atoms with Gasteiger partial charge in [0.2, 0.25) is 0 Å². The number of fused-ring (bicyclic) bond motifs is 1. The van der Waals surface area contributed by atoms with Crippen LogP contribution in [-0.2, 0) is 0 Å². The Hall–Kier alpha value is -1.71. The molecule has 18 heavy (non-hydrogen) atoms. The molecule has 0 saturated carbocycles. The lowest BCUT2D eigenvalue weighted by atomic mass is 10.1. The van der Waals surface area contributed by atoms with Gasteiger partial charge in [-0.15, -0.1) is 0 Å². The highest BCUT2D eigenvalue weighted by Gasteiger charge is 2.16. The summed E-state index contributed by atoms with van der Waals surface area (Å²) in [5.41, 5.74) is 0.603. The predicted octanol–water partition coefficient (Wildman–Crippen LogP) is 2.23. The summed E-state index contributed by atoms with van der Waals surface area (Å²) in [5, 5.41) is 2.97. The summed E-state index contributed by atoms with van der Waals surface area (Å²) in [6, 6.07) is 5.42. The molecule has 0 radical (unpaired) electrons. The van der Waals surface area contributed by atoms with Crippen LogP contribution in [0.1, 0.15) is 31.1 Å². The largest absolute Gasteiger partial charge is 0.486 e. The van der Waals surface area contributed by atoms with Crippen molar-refractivity contribution < 1.29 is 14.3 Å². The first-order valence-corrected chi connectivity index (χ1v) is 6.28. The summed E-state index contributed by atoms with van der Waals surface area (Å²) in [5.74, 6) is 1.68. The molecule has 0 aliphatic carbocycles. The Kier molecular flexibility index (Phi) is 3.75. The minimum Gasteiger partial charge on any atom is -0.486 e. The third-order valence-electron chi connectivity index (χ3n) is 3.16. The van der Waals surface area contributed by atoms with E-state index in [1.54, 1.807) is 18.2 Å². The molecule has 1 amide bonds. The standard InChI is InChI=1S/C14H19NO3/c1-9(2)10(3)15-14(16)11-4-5-12-13(8-11)18-7-6-17-12/h4-5,8-10H,6-7H2,1-3H3,(H,15,16)/t10-/m1/s1. The van der Waals surface area contributed by atoms with Crippen LogP contribution in [0.25, 0.3) is 0 Å². The van der Waals surface area contributed by atoms with Gasteiger partial charge in [-0.2, -0.15) is 0 Å². The summed E-state index contributed by atoms with van der Waals surface area (Å²) < 4.78 is 10.9. The monoisotopic (exact) mass is 249 g/mol. The third kappa shape index (κ3) is 2.75. The van der Waals surface area contributed by atoms with Crippen LogP contribution >= 0.6 is 0 Å². The zero-order valence-electron chi connectivity index (χ0n) is 11.0. The Morgan fingerprint density at radius 2 is 1.83 bits per heavy atom. The van der Waals surface area contributed by atoms with Crippen LogP contribution in [0.3, 0.4) is 0 Å². The van der Waals surface area contributed by atoms with E-state index in [-0.39, 0.29) is 11.9 Å². The van der Waals surface area contributed by atoms with Crippen molar-refractivity contribution in [3.05, 3.63) is 23.8 Å². The second-order valence-electron chi connectivity index (χ2n) is 4.86. The Labute approximate surface area is 107 Å². The Morgan fingerprint density at radius 3 is 2.50 bits per heavy atom. The highest BCUT2D eigenvalue weighted by atomic mass is 16.6. The van der Waals surface area contributed by atoms with Crippen LogP contribution in [0.5, 0.6) is 11.5 Å². The van der Waals surface area contributed by atoms with Crippen molar-refractivity contribution in [2.24, 2.45) is 5.92 Å². The molecule has 1 aromatic carbocycles. The summed E-state index contributed by atoms with van der Waals surface area (Å²) >= 11 is 0. The summed E-state index contributed by atoms with van der Waals surface area (Å²) in [4.78, 5) is 12.0. The number of benzene rings is 1. The molecular weight excluding hydrogens is 230 g/mol. The molecular formula is C14H19NO3. The lowest BCUT2D eigenvalue weighted by Gasteiger charge is -2.20. The Morgan fingerprint density at radius 1 is 1.17 bits per heavy atom. The topological polar surface area (TPSA) is 47.6 Å². The molecule has 1 aromatic rings. The van der Waals surface area contributed by atoms with Gasteiger partial charge in [0, 0.05) is 11.6 Å². The average Bonchev–Trinajstić information content (AvgIpc) is 2.37. The number of hydrogen-bond donors (Lipinski definition) is 1. The van der Waals surface area contributed by atoms with Gasteiger partial charge in [0.25, 0.3) is 5.91 Å². The van der Waals surface area contributed by atoms with Crippen LogP contribution in [0, 0.1) is 5.92 Å². The van der Waals surface area contributed by atoms with Crippen LogP contribution in [-0.4, -0.2) is 25.2 Å². The number of rotatable bonds is 3. The SMILES string of the molecule is CC(C)[C@@H](C)NC(=O)c1ccc2c(c1)OCCO2. The molecule has 0 spiro atoms. The van der Waals surface area contributed by atoms with Gasteiger partial charge in [0.15, 0.2) is 11.5 Å². The van der Waals surface area contributed by atoms with Gasteiger partial charge in [-0.05, 0) is 31.0 Å². The van der Waals surface area contributed by atoms with Gasteiger partial charge in [-0.1, -0.05) is 13.8 Å². The lowest BCUT2D eigenvalue weighted by Crippen LogP contribution is -2.36. The predicted molar refractivity (Wildman–Crippen MR) is 69.2 cm³/mol. The van der Waals surface area contributed by atoms with Gasteiger partial charge < -0.3 is 14.8 Å². The summed E-state index contributed by atoms with van der Waals surface area (Å²) in [7, 11) is 0. The van der Waals surface area contributed by atoms with E-state index in [0.717, 1.165) is 0 Å². The van der Waals surface area contributed by atoms with Gasteiger partial charge >= 0.3 is 0 Å². The minimum atomic E-state index is -0.0758. The van der Waals surface area contributed by atoms with Crippen molar-refractivity contribution in [3.63, 3.8) is 0 Å². The fourth-order valence-electron chi connectivity index (χ4n) is 1.64. The maximum atomic E-state index is 12.0. The van der Waals surface area contributed by atoms with E-state index in [9.17, 15) is 4.79 Å².